The summed E-state index contributed by atoms with van der Waals surface area (Å²) in [4.78, 5) is 4.65. The van der Waals surface area contributed by atoms with Crippen LogP contribution >= 0.6 is 11.6 Å². The molecule has 0 aromatic heterocycles. The molecule has 1 fully saturated rings. The number of halogens is 1. The van der Waals surface area contributed by atoms with Gasteiger partial charge >= 0.3 is 0 Å². The molecule has 0 spiro atoms. The minimum Gasteiger partial charge on any atom is -0.475 e. The fraction of sp³-hybridized carbons (Fsp3) is 0.500. The first kappa shape index (κ1) is 12.0. The summed E-state index contributed by atoms with van der Waals surface area (Å²) in [5, 5.41) is 0.773. The normalized spacial score (nSPS) is 30.6. The summed E-state index contributed by atoms with van der Waals surface area (Å²) in [6, 6.07) is 8.36. The van der Waals surface area contributed by atoms with Crippen molar-refractivity contribution in [3.05, 3.63) is 34.9 Å². The predicted molar refractivity (Wildman–Crippen MR) is 73.1 cm³/mol. The van der Waals surface area contributed by atoms with Crippen molar-refractivity contribution in [2.45, 2.75) is 43.9 Å². The predicted octanol–water partition coefficient (Wildman–Crippen LogP) is 2.56. The Morgan fingerprint density at radius 1 is 1.33 bits per heavy atom. The summed E-state index contributed by atoms with van der Waals surface area (Å²) in [6.07, 6.45) is 3.91. The Morgan fingerprint density at radius 3 is 3.00 bits per heavy atom. The minimum atomic E-state index is 0.238. The van der Waals surface area contributed by atoms with Crippen molar-refractivity contribution in [2.75, 3.05) is 0 Å². The molecule has 1 aliphatic heterocycles. The van der Waals surface area contributed by atoms with Crippen molar-refractivity contribution in [2.24, 2.45) is 10.7 Å². The fourth-order valence-corrected chi connectivity index (χ4v) is 2.91. The minimum absolute atomic E-state index is 0.238. The molecule has 2 aliphatic rings. The standard InChI is InChI=1S/C14H17ClN2O/c15-11-4-2-1-3-9(11)7-14-17-12-8-10(16)5-6-13(12)18-14/h1-4,10,12-13H,5-8,16H2. The van der Waals surface area contributed by atoms with E-state index in [1.54, 1.807) is 0 Å². The van der Waals surface area contributed by atoms with E-state index in [4.69, 9.17) is 22.1 Å². The summed E-state index contributed by atoms with van der Waals surface area (Å²) >= 11 is 6.15. The number of ether oxygens (including phenoxy) is 1. The molecular weight excluding hydrogens is 248 g/mol. The maximum atomic E-state index is 6.15. The van der Waals surface area contributed by atoms with Crippen LogP contribution in [0.15, 0.2) is 29.3 Å². The Bertz CT molecular complexity index is 475. The second-order valence-corrected chi connectivity index (χ2v) is 5.50. The summed E-state index contributed by atoms with van der Waals surface area (Å²) in [7, 11) is 0. The Labute approximate surface area is 112 Å². The molecule has 0 saturated heterocycles. The van der Waals surface area contributed by atoms with Gasteiger partial charge in [0.25, 0.3) is 0 Å². The van der Waals surface area contributed by atoms with Gasteiger partial charge < -0.3 is 10.5 Å². The molecule has 96 valence electrons. The number of hydrogen-bond acceptors (Lipinski definition) is 3. The average Bonchev–Trinajstić information content (AvgIpc) is 2.73. The van der Waals surface area contributed by atoms with Crippen LogP contribution in [-0.4, -0.2) is 24.1 Å². The lowest BCUT2D eigenvalue weighted by Gasteiger charge is -2.26. The van der Waals surface area contributed by atoms with Gasteiger partial charge in [0.2, 0.25) is 0 Å². The van der Waals surface area contributed by atoms with Crippen LogP contribution in [0.4, 0.5) is 0 Å². The molecule has 2 N–H and O–H groups in total. The van der Waals surface area contributed by atoms with E-state index in [1.165, 1.54) is 0 Å². The number of nitrogens with two attached hydrogens (primary N) is 1. The van der Waals surface area contributed by atoms with Gasteiger partial charge in [-0.2, -0.15) is 0 Å². The van der Waals surface area contributed by atoms with E-state index in [2.05, 4.69) is 4.99 Å². The van der Waals surface area contributed by atoms with Crippen molar-refractivity contribution in [1.82, 2.24) is 0 Å². The molecule has 1 aromatic carbocycles. The third kappa shape index (κ3) is 2.38. The third-order valence-electron chi connectivity index (χ3n) is 3.69. The van der Waals surface area contributed by atoms with E-state index >= 15 is 0 Å². The van der Waals surface area contributed by atoms with E-state index in [0.29, 0.717) is 6.42 Å². The van der Waals surface area contributed by atoms with Crippen molar-refractivity contribution < 1.29 is 4.74 Å². The molecule has 3 nitrogen and oxygen atoms in total. The first-order chi connectivity index (χ1) is 8.72. The van der Waals surface area contributed by atoms with Crippen LogP contribution in [0, 0.1) is 0 Å². The first-order valence-electron chi connectivity index (χ1n) is 6.44. The fourth-order valence-electron chi connectivity index (χ4n) is 2.71. The van der Waals surface area contributed by atoms with Gasteiger partial charge in [-0.25, -0.2) is 4.99 Å². The van der Waals surface area contributed by atoms with Crippen LogP contribution in [0.25, 0.3) is 0 Å². The van der Waals surface area contributed by atoms with Gasteiger partial charge in [0.05, 0.1) is 12.5 Å². The molecule has 0 radical (unpaired) electrons. The highest BCUT2D eigenvalue weighted by Gasteiger charge is 2.35. The van der Waals surface area contributed by atoms with Crippen molar-refractivity contribution >= 4 is 17.5 Å². The first-order valence-corrected chi connectivity index (χ1v) is 6.82. The van der Waals surface area contributed by atoms with Gasteiger partial charge in [-0.3, -0.25) is 0 Å². The number of hydrogen-bond donors (Lipinski definition) is 1. The maximum absolute atomic E-state index is 6.15. The van der Waals surface area contributed by atoms with Gasteiger partial charge in [-0.1, -0.05) is 29.8 Å². The zero-order valence-corrected chi connectivity index (χ0v) is 10.9. The number of nitrogens with zero attached hydrogens (tertiary/aromatic N) is 1. The molecule has 1 aromatic rings. The van der Waals surface area contributed by atoms with Gasteiger partial charge in [0.1, 0.15) is 6.10 Å². The topological polar surface area (TPSA) is 47.6 Å². The molecule has 3 atom stereocenters. The van der Waals surface area contributed by atoms with Crippen LogP contribution in [0.1, 0.15) is 24.8 Å². The monoisotopic (exact) mass is 264 g/mol. The summed E-state index contributed by atoms with van der Waals surface area (Å²) in [5.41, 5.74) is 7.04. The molecule has 1 saturated carbocycles. The Balaban J connectivity index is 1.72. The SMILES string of the molecule is NC1CCC2OC(Cc3ccccc3Cl)=NC2C1. The quantitative estimate of drug-likeness (QED) is 0.892. The smallest absolute Gasteiger partial charge is 0.188 e. The Kier molecular flexibility index (Phi) is 3.27. The maximum Gasteiger partial charge on any atom is 0.188 e. The van der Waals surface area contributed by atoms with Crippen molar-refractivity contribution in [3.8, 4) is 0 Å². The molecule has 0 amide bonds. The van der Waals surface area contributed by atoms with Crippen molar-refractivity contribution in [1.29, 1.82) is 0 Å². The molecule has 1 heterocycles. The van der Waals surface area contributed by atoms with Gasteiger partial charge in [0, 0.05) is 11.1 Å². The van der Waals surface area contributed by atoms with E-state index < -0.39 is 0 Å². The van der Waals surface area contributed by atoms with E-state index in [-0.39, 0.29) is 18.2 Å². The van der Waals surface area contributed by atoms with Gasteiger partial charge in [-0.15, -0.1) is 0 Å². The number of rotatable bonds is 2. The van der Waals surface area contributed by atoms with Crippen LogP contribution in [0.3, 0.4) is 0 Å². The zero-order valence-electron chi connectivity index (χ0n) is 10.2. The molecule has 3 rings (SSSR count). The second kappa shape index (κ2) is 4.90. The lowest BCUT2D eigenvalue weighted by Crippen LogP contribution is -2.37. The highest BCUT2D eigenvalue weighted by molar-refractivity contribution is 6.31. The molecule has 0 bridgehead atoms. The van der Waals surface area contributed by atoms with Crippen LogP contribution in [0.5, 0.6) is 0 Å². The zero-order chi connectivity index (χ0) is 12.5. The number of aliphatic imine (C=N–C) groups is 1. The van der Waals surface area contributed by atoms with Crippen LogP contribution in [-0.2, 0) is 11.2 Å². The molecule has 18 heavy (non-hydrogen) atoms. The summed E-state index contributed by atoms with van der Waals surface area (Å²) in [6.45, 7) is 0. The lowest BCUT2D eigenvalue weighted by molar-refractivity contribution is 0.142. The highest BCUT2D eigenvalue weighted by Crippen LogP contribution is 2.29. The molecule has 4 heteroatoms. The van der Waals surface area contributed by atoms with E-state index in [1.807, 2.05) is 24.3 Å². The largest absolute Gasteiger partial charge is 0.475 e. The number of benzene rings is 1. The molecular formula is C14H17ClN2O. The van der Waals surface area contributed by atoms with Gasteiger partial charge in [-0.05, 0) is 30.9 Å². The van der Waals surface area contributed by atoms with E-state index in [9.17, 15) is 0 Å². The van der Waals surface area contributed by atoms with Crippen LogP contribution < -0.4 is 5.73 Å². The molecule has 3 unspecified atom stereocenters. The van der Waals surface area contributed by atoms with Crippen molar-refractivity contribution in [3.63, 3.8) is 0 Å². The summed E-state index contributed by atoms with van der Waals surface area (Å²) < 4.78 is 5.91. The van der Waals surface area contributed by atoms with Crippen LogP contribution in [0.2, 0.25) is 5.02 Å². The van der Waals surface area contributed by atoms with Gasteiger partial charge in [0.15, 0.2) is 5.90 Å². The summed E-state index contributed by atoms with van der Waals surface area (Å²) in [5.74, 6) is 0.812. The Morgan fingerprint density at radius 2 is 2.17 bits per heavy atom. The number of fused-ring (bicyclic) bond motifs is 1. The molecule has 1 aliphatic carbocycles. The highest BCUT2D eigenvalue weighted by atomic mass is 35.5. The average molecular weight is 265 g/mol. The van der Waals surface area contributed by atoms with E-state index in [0.717, 1.165) is 35.7 Å². The Hall–Kier alpha value is -1.06. The third-order valence-corrected chi connectivity index (χ3v) is 4.06. The lowest BCUT2D eigenvalue weighted by atomic mass is 9.90. The second-order valence-electron chi connectivity index (χ2n) is 5.09.